The highest BCUT2D eigenvalue weighted by Crippen LogP contribution is 2.16. The first-order chi connectivity index (χ1) is 24.3. The zero-order chi connectivity index (χ0) is 36.0. The summed E-state index contributed by atoms with van der Waals surface area (Å²) in [5.41, 5.74) is 2.68. The topological polar surface area (TPSA) is 140 Å². The van der Waals surface area contributed by atoms with Gasteiger partial charge in [0.2, 0.25) is 11.8 Å². The van der Waals surface area contributed by atoms with E-state index < -0.39 is 48.4 Å². The SMILES string of the molecule is C=CCCCCC(=O)OC[C@@H](NC(=O)[C@H](CC=C)CC(=O)N[C@H](CO)Cc1ccc(OCc2ccccc2)cc1)C(=O)OCc1ccccc1. The smallest absolute Gasteiger partial charge is 0.332 e. The summed E-state index contributed by atoms with van der Waals surface area (Å²) in [4.78, 5) is 51.9. The number of ether oxygens (including phenoxy) is 3. The first kappa shape index (κ1) is 39.2. The minimum atomic E-state index is -1.29. The molecule has 0 bridgehead atoms. The van der Waals surface area contributed by atoms with Crippen LogP contribution in [0.25, 0.3) is 0 Å². The number of aliphatic hydroxyl groups is 1. The highest BCUT2D eigenvalue weighted by atomic mass is 16.6. The van der Waals surface area contributed by atoms with Crippen LogP contribution in [0.1, 0.15) is 55.2 Å². The van der Waals surface area contributed by atoms with Crippen LogP contribution in [0.3, 0.4) is 0 Å². The normalized spacial score (nSPS) is 12.4. The number of carbonyl (C=O) groups is 4. The van der Waals surface area contributed by atoms with Gasteiger partial charge in [0.05, 0.1) is 18.6 Å². The molecule has 3 N–H and O–H groups in total. The standard InChI is InChI=1S/C40H48N2O8/c1-3-5-6-13-19-38(45)49-29-36(40(47)50-28-32-17-11-8-12-18-32)42-39(46)33(14-4-2)25-37(44)41-34(26-43)24-30-20-22-35(23-21-30)48-27-31-15-9-7-10-16-31/h3-4,7-12,15-18,20-23,33-34,36,43H,1-2,5-6,13-14,19,24-29H2,(H,41,44)(H,42,46)/t33-,34+,36-/m1/s1. The Bertz CT molecular complexity index is 1490. The molecule has 266 valence electrons. The van der Waals surface area contributed by atoms with Crippen LogP contribution in [0.4, 0.5) is 0 Å². The van der Waals surface area contributed by atoms with Crippen molar-refractivity contribution in [1.82, 2.24) is 10.6 Å². The molecule has 0 radical (unpaired) electrons. The Hall–Kier alpha value is -5.22. The minimum absolute atomic E-state index is 0.0357. The highest BCUT2D eigenvalue weighted by molar-refractivity contribution is 5.89. The van der Waals surface area contributed by atoms with Crippen molar-refractivity contribution in [1.29, 1.82) is 0 Å². The van der Waals surface area contributed by atoms with E-state index in [1.54, 1.807) is 18.2 Å². The van der Waals surface area contributed by atoms with E-state index in [-0.39, 0.29) is 32.5 Å². The van der Waals surface area contributed by atoms with Crippen LogP contribution in [0.2, 0.25) is 0 Å². The average molecular weight is 685 g/mol. The molecule has 0 unspecified atom stereocenters. The summed E-state index contributed by atoms with van der Waals surface area (Å²) < 4.78 is 16.6. The Morgan fingerprint density at radius 2 is 1.42 bits per heavy atom. The molecule has 0 aromatic heterocycles. The van der Waals surface area contributed by atoms with Crippen LogP contribution in [0.15, 0.2) is 110 Å². The third-order valence-corrected chi connectivity index (χ3v) is 7.77. The molecule has 0 saturated carbocycles. The maximum atomic E-state index is 13.4. The Morgan fingerprint density at radius 1 is 0.760 bits per heavy atom. The van der Waals surface area contributed by atoms with Crippen molar-refractivity contribution in [3.8, 4) is 5.75 Å². The number of benzene rings is 3. The van der Waals surface area contributed by atoms with Crippen LogP contribution < -0.4 is 15.4 Å². The molecule has 3 aromatic rings. The summed E-state index contributed by atoms with van der Waals surface area (Å²) >= 11 is 0. The van der Waals surface area contributed by atoms with E-state index in [1.165, 1.54) is 6.08 Å². The molecule has 3 rings (SSSR count). The lowest BCUT2D eigenvalue weighted by Gasteiger charge is -2.22. The number of hydrogen-bond acceptors (Lipinski definition) is 8. The number of aliphatic hydroxyl groups excluding tert-OH is 1. The van der Waals surface area contributed by atoms with Gasteiger partial charge >= 0.3 is 11.9 Å². The Balaban J connectivity index is 1.56. The molecule has 2 amide bonds. The fraction of sp³-hybridized carbons (Fsp3) is 0.350. The lowest BCUT2D eigenvalue weighted by Crippen LogP contribution is -2.48. The van der Waals surface area contributed by atoms with Gasteiger partial charge in [0, 0.05) is 12.8 Å². The van der Waals surface area contributed by atoms with Crippen LogP contribution >= 0.6 is 0 Å². The molecular weight excluding hydrogens is 636 g/mol. The molecule has 10 nitrogen and oxygen atoms in total. The molecule has 3 atom stereocenters. The zero-order valence-corrected chi connectivity index (χ0v) is 28.5. The van der Waals surface area contributed by atoms with Crippen molar-refractivity contribution in [2.45, 2.75) is 70.2 Å². The molecule has 0 aliphatic heterocycles. The monoisotopic (exact) mass is 684 g/mol. The molecule has 10 heteroatoms. The van der Waals surface area contributed by atoms with Crippen LogP contribution in [0.5, 0.6) is 5.75 Å². The minimum Gasteiger partial charge on any atom is -0.489 e. The second-order valence-corrected chi connectivity index (χ2v) is 11.9. The van der Waals surface area contributed by atoms with Gasteiger partial charge in [-0.2, -0.15) is 0 Å². The van der Waals surface area contributed by atoms with Crippen molar-refractivity contribution < 1.29 is 38.5 Å². The molecule has 50 heavy (non-hydrogen) atoms. The van der Waals surface area contributed by atoms with Gasteiger partial charge in [-0.15, -0.1) is 13.2 Å². The van der Waals surface area contributed by atoms with E-state index in [0.29, 0.717) is 25.2 Å². The number of nitrogens with one attached hydrogen (secondary N) is 2. The van der Waals surface area contributed by atoms with Gasteiger partial charge in [-0.1, -0.05) is 84.9 Å². The highest BCUT2D eigenvalue weighted by Gasteiger charge is 2.29. The quantitative estimate of drug-likeness (QED) is 0.0687. The summed E-state index contributed by atoms with van der Waals surface area (Å²) in [5, 5.41) is 15.4. The second kappa shape index (κ2) is 22.4. The van der Waals surface area contributed by atoms with Crippen LogP contribution in [-0.2, 0) is 48.3 Å². The van der Waals surface area contributed by atoms with Gasteiger partial charge < -0.3 is 30.0 Å². The van der Waals surface area contributed by atoms with Crippen LogP contribution in [0, 0.1) is 5.92 Å². The first-order valence-corrected chi connectivity index (χ1v) is 16.9. The maximum Gasteiger partial charge on any atom is 0.332 e. The summed E-state index contributed by atoms with van der Waals surface area (Å²) in [5.74, 6) is -2.53. The third-order valence-electron chi connectivity index (χ3n) is 7.77. The van der Waals surface area contributed by atoms with Crippen molar-refractivity contribution >= 4 is 23.8 Å². The van der Waals surface area contributed by atoms with Gasteiger partial charge in [-0.05, 0) is 60.9 Å². The number of carbonyl (C=O) groups excluding carboxylic acids is 4. The first-order valence-electron chi connectivity index (χ1n) is 16.9. The molecule has 0 aliphatic carbocycles. The molecule has 0 spiro atoms. The lowest BCUT2D eigenvalue weighted by molar-refractivity contribution is -0.155. The van der Waals surface area contributed by atoms with E-state index in [0.717, 1.165) is 29.5 Å². The zero-order valence-electron chi connectivity index (χ0n) is 28.5. The number of hydrogen-bond donors (Lipinski definition) is 3. The Labute approximate surface area is 294 Å². The van der Waals surface area contributed by atoms with Crippen molar-refractivity contribution in [3.05, 3.63) is 127 Å². The van der Waals surface area contributed by atoms with Crippen LogP contribution in [-0.4, -0.2) is 54.2 Å². The van der Waals surface area contributed by atoms with Crippen molar-refractivity contribution in [3.63, 3.8) is 0 Å². The van der Waals surface area contributed by atoms with Crippen molar-refractivity contribution in [2.75, 3.05) is 13.2 Å². The largest absolute Gasteiger partial charge is 0.489 e. The summed E-state index contributed by atoms with van der Waals surface area (Å²) in [6.45, 7) is 7.04. The molecule has 3 aromatic carbocycles. The van der Waals surface area contributed by atoms with Gasteiger partial charge in [0.1, 0.15) is 25.6 Å². The van der Waals surface area contributed by atoms with Gasteiger partial charge in [-0.3, -0.25) is 14.4 Å². The molecule has 0 aliphatic rings. The predicted molar refractivity (Wildman–Crippen MR) is 191 cm³/mol. The van der Waals surface area contributed by atoms with Gasteiger partial charge in [0.25, 0.3) is 0 Å². The molecule has 0 heterocycles. The average Bonchev–Trinajstić information content (AvgIpc) is 3.14. The predicted octanol–water partition coefficient (Wildman–Crippen LogP) is 5.39. The Morgan fingerprint density at radius 3 is 2.04 bits per heavy atom. The summed E-state index contributed by atoms with van der Waals surface area (Å²) in [7, 11) is 0. The van der Waals surface area contributed by atoms with E-state index in [4.69, 9.17) is 14.2 Å². The second-order valence-electron chi connectivity index (χ2n) is 11.9. The number of amides is 2. The number of rotatable bonds is 23. The van der Waals surface area contributed by atoms with E-state index in [2.05, 4.69) is 23.8 Å². The number of esters is 2. The summed E-state index contributed by atoms with van der Waals surface area (Å²) in [6, 6.07) is 24.4. The van der Waals surface area contributed by atoms with E-state index in [1.807, 2.05) is 72.8 Å². The maximum absolute atomic E-state index is 13.4. The number of unbranched alkanes of at least 4 members (excludes halogenated alkanes) is 2. The Kier molecular flexibility index (Phi) is 17.6. The van der Waals surface area contributed by atoms with Gasteiger partial charge in [0.15, 0.2) is 6.04 Å². The fourth-order valence-electron chi connectivity index (χ4n) is 5.00. The van der Waals surface area contributed by atoms with E-state index in [9.17, 15) is 24.3 Å². The fourth-order valence-corrected chi connectivity index (χ4v) is 5.00. The molecular formula is C40H48N2O8. The lowest BCUT2D eigenvalue weighted by atomic mass is 9.98. The molecule has 0 fully saturated rings. The van der Waals surface area contributed by atoms with Crippen molar-refractivity contribution in [2.24, 2.45) is 5.92 Å². The van der Waals surface area contributed by atoms with Gasteiger partial charge in [-0.25, -0.2) is 4.79 Å². The third kappa shape index (κ3) is 14.9. The summed E-state index contributed by atoms with van der Waals surface area (Å²) in [6.07, 6.45) is 5.85. The van der Waals surface area contributed by atoms with E-state index >= 15 is 0 Å². The number of allylic oxidation sites excluding steroid dienone is 2. The molecule has 0 saturated heterocycles.